The average Bonchev–Trinajstić information content (AvgIpc) is 2.67. The molecule has 2 aromatic carbocycles. The van der Waals surface area contributed by atoms with Crippen molar-refractivity contribution >= 4 is 11.8 Å². The number of hydrogen-bond acceptors (Lipinski definition) is 2. The third-order valence-electron chi connectivity index (χ3n) is 4.81. The first-order valence-electron chi connectivity index (χ1n) is 8.77. The summed E-state index contributed by atoms with van der Waals surface area (Å²) in [6.45, 7) is 0.518. The van der Waals surface area contributed by atoms with Gasteiger partial charge in [0.05, 0.1) is 0 Å². The summed E-state index contributed by atoms with van der Waals surface area (Å²) in [6.07, 6.45) is 4.64. The molecule has 1 aliphatic rings. The Labute approximate surface area is 148 Å². The van der Waals surface area contributed by atoms with E-state index in [1.807, 2.05) is 25.2 Å². The summed E-state index contributed by atoms with van der Waals surface area (Å²) >= 11 is 0. The van der Waals surface area contributed by atoms with E-state index in [0.717, 1.165) is 24.0 Å². The summed E-state index contributed by atoms with van der Waals surface area (Å²) in [4.78, 5) is 26.0. The lowest BCUT2D eigenvalue weighted by Crippen LogP contribution is -2.26. The molecule has 4 heteroatoms. The molecule has 0 radical (unpaired) electrons. The number of carbonyl (C=O) groups is 2. The molecule has 25 heavy (non-hydrogen) atoms. The van der Waals surface area contributed by atoms with Gasteiger partial charge in [0, 0.05) is 31.8 Å². The highest BCUT2D eigenvalue weighted by Gasteiger charge is 2.16. The quantitative estimate of drug-likeness (QED) is 0.932. The molecular formula is C21H24N2O2. The first-order valence-corrected chi connectivity index (χ1v) is 8.77. The maximum atomic E-state index is 12.7. The lowest BCUT2D eigenvalue weighted by atomic mass is 9.90. The van der Waals surface area contributed by atoms with E-state index in [4.69, 9.17) is 0 Å². The number of rotatable bonds is 4. The van der Waals surface area contributed by atoms with Crippen LogP contribution in [0.2, 0.25) is 0 Å². The van der Waals surface area contributed by atoms with E-state index in [1.54, 1.807) is 24.1 Å². The van der Waals surface area contributed by atoms with Crippen molar-refractivity contribution in [1.29, 1.82) is 0 Å². The van der Waals surface area contributed by atoms with Crippen LogP contribution < -0.4 is 5.32 Å². The molecule has 0 unspecified atom stereocenters. The van der Waals surface area contributed by atoms with Gasteiger partial charge in [-0.2, -0.15) is 0 Å². The molecule has 0 aromatic heterocycles. The Bertz CT molecular complexity index is 781. The van der Waals surface area contributed by atoms with Crippen LogP contribution in [0.4, 0.5) is 0 Å². The van der Waals surface area contributed by atoms with Crippen LogP contribution in [-0.4, -0.2) is 30.8 Å². The summed E-state index contributed by atoms with van der Waals surface area (Å²) in [6, 6.07) is 13.5. The molecule has 0 heterocycles. The summed E-state index contributed by atoms with van der Waals surface area (Å²) in [5.74, 6) is -0.0752. The van der Waals surface area contributed by atoms with Gasteiger partial charge in [0.2, 0.25) is 0 Å². The fourth-order valence-electron chi connectivity index (χ4n) is 3.34. The first-order chi connectivity index (χ1) is 12.1. The van der Waals surface area contributed by atoms with Crippen LogP contribution in [0.1, 0.15) is 50.2 Å². The van der Waals surface area contributed by atoms with E-state index in [2.05, 4.69) is 17.4 Å². The predicted octanol–water partition coefficient (Wildman–Crippen LogP) is 3.20. The topological polar surface area (TPSA) is 49.4 Å². The van der Waals surface area contributed by atoms with Gasteiger partial charge in [0.25, 0.3) is 11.8 Å². The molecule has 3 rings (SSSR count). The van der Waals surface area contributed by atoms with Gasteiger partial charge in [-0.3, -0.25) is 9.59 Å². The van der Waals surface area contributed by atoms with Crippen molar-refractivity contribution < 1.29 is 9.59 Å². The number of amides is 2. The molecule has 130 valence electrons. The number of aryl methyl sites for hydroxylation is 2. The summed E-state index contributed by atoms with van der Waals surface area (Å²) < 4.78 is 0. The van der Waals surface area contributed by atoms with Crippen LogP contribution in [0.15, 0.2) is 42.5 Å². The number of hydrogen-bond donors (Lipinski definition) is 1. The van der Waals surface area contributed by atoms with Crippen molar-refractivity contribution in [2.75, 3.05) is 14.1 Å². The fraction of sp³-hybridized carbons (Fsp3) is 0.333. The highest BCUT2D eigenvalue weighted by Crippen LogP contribution is 2.23. The van der Waals surface area contributed by atoms with Crippen molar-refractivity contribution in [3.63, 3.8) is 0 Å². The highest BCUT2D eigenvalue weighted by atomic mass is 16.2. The van der Waals surface area contributed by atoms with Gasteiger partial charge in [0.15, 0.2) is 0 Å². The number of fused-ring (bicyclic) bond motifs is 1. The van der Waals surface area contributed by atoms with E-state index < -0.39 is 0 Å². The zero-order valence-electron chi connectivity index (χ0n) is 14.8. The van der Waals surface area contributed by atoms with Crippen LogP contribution in [0.25, 0.3) is 0 Å². The Balaban J connectivity index is 1.69. The molecule has 1 N–H and O–H groups in total. The standard InChI is InChI=1S/C21H24N2O2/c1-22-20(24)17-9-7-15(8-10-17)14-23(2)21(25)19-12-11-16-5-3-4-6-18(16)13-19/h7-13H,3-6,14H2,1-2H3,(H,22,24). The third-order valence-corrected chi connectivity index (χ3v) is 4.81. The van der Waals surface area contributed by atoms with Gasteiger partial charge < -0.3 is 10.2 Å². The number of nitrogens with one attached hydrogen (secondary N) is 1. The van der Waals surface area contributed by atoms with E-state index in [9.17, 15) is 9.59 Å². The van der Waals surface area contributed by atoms with Crippen molar-refractivity contribution in [2.24, 2.45) is 0 Å². The number of carbonyl (C=O) groups excluding carboxylic acids is 2. The minimum atomic E-state index is -0.106. The molecule has 4 nitrogen and oxygen atoms in total. The van der Waals surface area contributed by atoms with Crippen LogP contribution in [-0.2, 0) is 19.4 Å². The SMILES string of the molecule is CNC(=O)c1ccc(CN(C)C(=O)c2ccc3c(c2)CCCC3)cc1. The maximum Gasteiger partial charge on any atom is 0.253 e. The molecule has 0 saturated heterocycles. The van der Waals surface area contributed by atoms with Gasteiger partial charge in [-0.15, -0.1) is 0 Å². The summed E-state index contributed by atoms with van der Waals surface area (Å²) in [5.41, 5.74) is 5.08. The Morgan fingerprint density at radius 2 is 1.60 bits per heavy atom. The Morgan fingerprint density at radius 3 is 2.28 bits per heavy atom. The monoisotopic (exact) mass is 336 g/mol. The predicted molar refractivity (Wildman–Crippen MR) is 98.7 cm³/mol. The van der Waals surface area contributed by atoms with Crippen LogP contribution in [0.5, 0.6) is 0 Å². The van der Waals surface area contributed by atoms with Crippen LogP contribution in [0.3, 0.4) is 0 Å². The third kappa shape index (κ3) is 3.90. The molecule has 0 saturated carbocycles. The van der Waals surface area contributed by atoms with Gasteiger partial charge in [-0.25, -0.2) is 0 Å². The zero-order valence-corrected chi connectivity index (χ0v) is 14.8. The van der Waals surface area contributed by atoms with E-state index >= 15 is 0 Å². The van der Waals surface area contributed by atoms with Gasteiger partial charge in [-0.05, 0) is 66.6 Å². The Morgan fingerprint density at radius 1 is 0.960 bits per heavy atom. The van der Waals surface area contributed by atoms with Crippen molar-refractivity contribution in [3.8, 4) is 0 Å². The largest absolute Gasteiger partial charge is 0.355 e. The van der Waals surface area contributed by atoms with E-state index in [1.165, 1.54) is 24.0 Å². The molecule has 0 aliphatic heterocycles. The second kappa shape index (κ2) is 7.51. The van der Waals surface area contributed by atoms with Crippen molar-refractivity contribution in [1.82, 2.24) is 10.2 Å². The Kier molecular flexibility index (Phi) is 5.17. The smallest absolute Gasteiger partial charge is 0.253 e. The first kappa shape index (κ1) is 17.2. The summed E-state index contributed by atoms with van der Waals surface area (Å²) in [5, 5.41) is 2.60. The molecule has 1 aliphatic carbocycles. The average molecular weight is 336 g/mol. The van der Waals surface area contributed by atoms with E-state index in [0.29, 0.717) is 12.1 Å². The molecule has 0 spiro atoms. The summed E-state index contributed by atoms with van der Waals surface area (Å²) in [7, 11) is 3.43. The molecule has 2 amide bonds. The van der Waals surface area contributed by atoms with Crippen molar-refractivity contribution in [3.05, 3.63) is 70.3 Å². The maximum absolute atomic E-state index is 12.7. The number of nitrogens with zero attached hydrogens (tertiary/aromatic N) is 1. The lowest BCUT2D eigenvalue weighted by Gasteiger charge is -2.20. The molecule has 2 aromatic rings. The second-order valence-corrected chi connectivity index (χ2v) is 6.63. The molecule has 0 fully saturated rings. The lowest BCUT2D eigenvalue weighted by molar-refractivity contribution is 0.0784. The van der Waals surface area contributed by atoms with Gasteiger partial charge >= 0.3 is 0 Å². The van der Waals surface area contributed by atoms with Gasteiger partial charge in [-0.1, -0.05) is 18.2 Å². The minimum Gasteiger partial charge on any atom is -0.355 e. The van der Waals surface area contributed by atoms with Crippen LogP contribution >= 0.6 is 0 Å². The number of benzene rings is 2. The van der Waals surface area contributed by atoms with Crippen LogP contribution in [0, 0.1) is 0 Å². The molecule has 0 bridgehead atoms. The van der Waals surface area contributed by atoms with Crippen molar-refractivity contribution in [2.45, 2.75) is 32.2 Å². The Hall–Kier alpha value is -2.62. The minimum absolute atomic E-state index is 0.0313. The van der Waals surface area contributed by atoms with Gasteiger partial charge in [0.1, 0.15) is 0 Å². The molecule has 0 atom stereocenters. The molecular weight excluding hydrogens is 312 g/mol. The zero-order chi connectivity index (χ0) is 17.8. The normalized spacial score (nSPS) is 13.0. The fourth-order valence-corrected chi connectivity index (χ4v) is 3.34. The highest BCUT2D eigenvalue weighted by molar-refractivity contribution is 5.95. The van der Waals surface area contributed by atoms with E-state index in [-0.39, 0.29) is 11.8 Å². The second-order valence-electron chi connectivity index (χ2n) is 6.63.